The van der Waals surface area contributed by atoms with Gasteiger partial charge in [0.15, 0.2) is 0 Å². The Hall–Kier alpha value is -3.33. The van der Waals surface area contributed by atoms with Crippen molar-refractivity contribution in [3.8, 4) is 0 Å². The van der Waals surface area contributed by atoms with Crippen LogP contribution in [0.5, 0.6) is 0 Å². The van der Waals surface area contributed by atoms with Crippen molar-refractivity contribution in [3.05, 3.63) is 59.5 Å². The second-order valence-electron chi connectivity index (χ2n) is 7.07. The molecule has 0 bridgehead atoms. The van der Waals surface area contributed by atoms with Crippen molar-refractivity contribution < 1.29 is 27.2 Å². The van der Waals surface area contributed by atoms with Crippen LogP contribution in [0.25, 0.3) is 10.8 Å². The Balaban J connectivity index is 1.56. The predicted molar refractivity (Wildman–Crippen MR) is 110 cm³/mol. The van der Waals surface area contributed by atoms with Gasteiger partial charge in [-0.25, -0.2) is 13.2 Å². The van der Waals surface area contributed by atoms with Crippen molar-refractivity contribution >= 4 is 38.4 Å². The summed E-state index contributed by atoms with van der Waals surface area (Å²) in [6.45, 7) is 1.38. The summed E-state index contributed by atoms with van der Waals surface area (Å²) in [4.78, 5) is 26.1. The molecule has 0 saturated carbocycles. The summed E-state index contributed by atoms with van der Waals surface area (Å²) in [6, 6.07) is 11.9. The number of amides is 1. The molecule has 156 valence electrons. The Morgan fingerprint density at radius 3 is 2.57 bits per heavy atom. The van der Waals surface area contributed by atoms with E-state index >= 15 is 0 Å². The molecule has 0 spiro atoms. The van der Waals surface area contributed by atoms with Crippen LogP contribution in [0.2, 0.25) is 0 Å². The van der Waals surface area contributed by atoms with Gasteiger partial charge in [-0.1, -0.05) is 24.3 Å². The number of carbonyl (C=O) groups is 2. The quantitative estimate of drug-likeness (QED) is 0.580. The van der Waals surface area contributed by atoms with Crippen molar-refractivity contribution in [2.45, 2.75) is 18.4 Å². The van der Waals surface area contributed by atoms with E-state index in [-0.39, 0.29) is 23.5 Å². The molecule has 3 aromatic rings. The minimum absolute atomic E-state index is 0.0850. The molecule has 9 heteroatoms. The number of esters is 1. The van der Waals surface area contributed by atoms with Gasteiger partial charge in [0.25, 0.3) is 10.0 Å². The Morgan fingerprint density at radius 2 is 1.87 bits per heavy atom. The first-order valence-corrected chi connectivity index (χ1v) is 10.6. The lowest BCUT2D eigenvalue weighted by Crippen LogP contribution is -2.39. The van der Waals surface area contributed by atoms with Crippen molar-refractivity contribution in [3.63, 3.8) is 0 Å². The summed E-state index contributed by atoms with van der Waals surface area (Å²) >= 11 is 0. The Labute approximate surface area is 173 Å². The van der Waals surface area contributed by atoms with E-state index in [1.165, 1.54) is 18.1 Å². The summed E-state index contributed by atoms with van der Waals surface area (Å²) < 4.78 is 37.4. The van der Waals surface area contributed by atoms with Crippen LogP contribution in [-0.2, 0) is 26.1 Å². The number of benzene rings is 2. The van der Waals surface area contributed by atoms with Gasteiger partial charge in [0.2, 0.25) is 5.91 Å². The van der Waals surface area contributed by atoms with Crippen molar-refractivity contribution in [1.29, 1.82) is 0 Å². The summed E-state index contributed by atoms with van der Waals surface area (Å²) in [5, 5.41) is 1.43. The highest BCUT2D eigenvalue weighted by Crippen LogP contribution is 2.41. The summed E-state index contributed by atoms with van der Waals surface area (Å²) in [5.74, 6) is -0.136. The molecule has 1 aromatic heterocycles. The van der Waals surface area contributed by atoms with E-state index in [9.17, 15) is 18.0 Å². The van der Waals surface area contributed by atoms with Crippen LogP contribution >= 0.6 is 0 Å². The van der Waals surface area contributed by atoms with Gasteiger partial charge in [-0.3, -0.25) is 9.10 Å². The first kappa shape index (κ1) is 20.0. The first-order chi connectivity index (χ1) is 14.2. The standard InChI is InChI=1S/C21H20N2O6S/c1-13-16(21(25)28-3)10-15(29-13)11-22(2)19(24)12-23-17-8-4-6-14-7-5-9-18(20(14)17)30(23,26)27/h4-10H,11-12H2,1-3H3. The lowest BCUT2D eigenvalue weighted by atomic mass is 10.1. The highest BCUT2D eigenvalue weighted by Gasteiger charge is 2.37. The number of sulfonamides is 1. The fourth-order valence-corrected chi connectivity index (χ4v) is 5.29. The molecule has 8 nitrogen and oxygen atoms in total. The summed E-state index contributed by atoms with van der Waals surface area (Å²) in [5.41, 5.74) is 0.782. The van der Waals surface area contributed by atoms with Crippen LogP contribution in [-0.4, -0.2) is 45.9 Å². The second-order valence-corrected chi connectivity index (χ2v) is 8.90. The van der Waals surface area contributed by atoms with E-state index in [4.69, 9.17) is 9.15 Å². The normalized spacial score (nSPS) is 14.2. The van der Waals surface area contributed by atoms with Gasteiger partial charge in [-0.05, 0) is 30.5 Å². The number of aryl methyl sites for hydroxylation is 1. The maximum Gasteiger partial charge on any atom is 0.341 e. The van der Waals surface area contributed by atoms with Gasteiger partial charge in [-0.2, -0.15) is 0 Å². The number of rotatable bonds is 5. The second kappa shape index (κ2) is 7.17. The van der Waals surface area contributed by atoms with E-state index in [1.54, 1.807) is 38.2 Å². The van der Waals surface area contributed by atoms with Crippen molar-refractivity contribution in [2.24, 2.45) is 0 Å². The van der Waals surface area contributed by atoms with E-state index < -0.39 is 21.9 Å². The number of furan rings is 1. The van der Waals surface area contributed by atoms with E-state index in [0.717, 1.165) is 9.69 Å². The number of hydrogen-bond acceptors (Lipinski definition) is 6. The molecule has 1 aliphatic heterocycles. The van der Waals surface area contributed by atoms with Crippen LogP contribution in [0.4, 0.5) is 5.69 Å². The largest absolute Gasteiger partial charge is 0.465 e. The lowest BCUT2D eigenvalue weighted by Gasteiger charge is -2.22. The Kier molecular flexibility index (Phi) is 4.77. The van der Waals surface area contributed by atoms with Crippen LogP contribution in [0.15, 0.2) is 51.8 Å². The summed E-state index contributed by atoms with van der Waals surface area (Å²) in [6.07, 6.45) is 0. The zero-order valence-corrected chi connectivity index (χ0v) is 17.5. The molecule has 2 aromatic carbocycles. The van der Waals surface area contributed by atoms with E-state index in [0.29, 0.717) is 22.6 Å². The third-order valence-corrected chi connectivity index (χ3v) is 6.96. The van der Waals surface area contributed by atoms with Crippen molar-refractivity contribution in [1.82, 2.24) is 4.90 Å². The monoisotopic (exact) mass is 428 g/mol. The average Bonchev–Trinajstić information content (AvgIpc) is 3.19. The number of nitrogens with zero attached hydrogens (tertiary/aromatic N) is 2. The maximum absolute atomic E-state index is 13.0. The fraction of sp³-hybridized carbons (Fsp3) is 0.238. The van der Waals surface area contributed by atoms with E-state index in [1.807, 2.05) is 12.1 Å². The molecular formula is C21H20N2O6S. The topological polar surface area (TPSA) is 97.1 Å². The van der Waals surface area contributed by atoms with Gasteiger partial charge in [-0.15, -0.1) is 0 Å². The maximum atomic E-state index is 13.0. The van der Waals surface area contributed by atoms with Crippen LogP contribution in [0.3, 0.4) is 0 Å². The molecular weight excluding hydrogens is 408 g/mol. The molecule has 0 fully saturated rings. The highest BCUT2D eigenvalue weighted by molar-refractivity contribution is 7.93. The van der Waals surface area contributed by atoms with Gasteiger partial charge in [0.1, 0.15) is 23.6 Å². The van der Waals surface area contributed by atoms with Gasteiger partial charge in [0.05, 0.1) is 24.2 Å². The minimum Gasteiger partial charge on any atom is -0.465 e. The van der Waals surface area contributed by atoms with E-state index in [2.05, 4.69) is 0 Å². The van der Waals surface area contributed by atoms with Crippen LogP contribution < -0.4 is 4.31 Å². The zero-order valence-electron chi connectivity index (χ0n) is 16.7. The van der Waals surface area contributed by atoms with Crippen molar-refractivity contribution in [2.75, 3.05) is 25.0 Å². The zero-order chi connectivity index (χ0) is 21.6. The van der Waals surface area contributed by atoms with Crippen LogP contribution in [0.1, 0.15) is 21.9 Å². The third kappa shape index (κ3) is 3.11. The molecule has 0 saturated heterocycles. The number of anilines is 1. The fourth-order valence-electron chi connectivity index (χ4n) is 3.63. The molecule has 1 amide bonds. The number of carbonyl (C=O) groups excluding carboxylic acids is 2. The SMILES string of the molecule is COC(=O)c1cc(CN(C)C(=O)CN2c3cccc4cccc(c34)S2(=O)=O)oc1C. The number of ether oxygens (including phenoxy) is 1. The first-order valence-electron chi connectivity index (χ1n) is 9.20. The van der Waals surface area contributed by atoms with Gasteiger partial charge < -0.3 is 14.1 Å². The van der Waals surface area contributed by atoms with Crippen LogP contribution in [0, 0.1) is 6.92 Å². The highest BCUT2D eigenvalue weighted by atomic mass is 32.2. The molecule has 0 unspecified atom stereocenters. The molecule has 2 heterocycles. The summed E-state index contributed by atoms with van der Waals surface area (Å²) in [7, 11) is -0.989. The average molecular weight is 428 g/mol. The molecule has 0 N–H and O–H groups in total. The number of methoxy groups -OCH3 is 1. The molecule has 0 atom stereocenters. The van der Waals surface area contributed by atoms with Gasteiger partial charge in [0, 0.05) is 12.4 Å². The lowest BCUT2D eigenvalue weighted by molar-refractivity contribution is -0.129. The number of likely N-dealkylation sites (N-methyl/N-ethyl adjacent to an activating group) is 1. The Morgan fingerprint density at radius 1 is 1.17 bits per heavy atom. The molecule has 1 aliphatic rings. The van der Waals surface area contributed by atoms with Gasteiger partial charge >= 0.3 is 5.97 Å². The predicted octanol–water partition coefficient (Wildman–Crippen LogP) is 2.70. The molecule has 0 radical (unpaired) electrons. The minimum atomic E-state index is -3.82. The molecule has 0 aliphatic carbocycles. The Bertz CT molecular complexity index is 1270. The number of hydrogen-bond donors (Lipinski definition) is 0. The molecule has 4 rings (SSSR count). The third-order valence-electron chi connectivity index (χ3n) is 5.15. The smallest absolute Gasteiger partial charge is 0.341 e. The molecule has 30 heavy (non-hydrogen) atoms.